The Hall–Kier alpha value is -2.42. The summed E-state index contributed by atoms with van der Waals surface area (Å²) in [5, 5.41) is 3.85. The lowest BCUT2D eigenvalue weighted by Gasteiger charge is -2.33. The third-order valence-corrected chi connectivity index (χ3v) is 6.56. The second kappa shape index (κ2) is 8.02. The lowest BCUT2D eigenvalue weighted by atomic mass is 9.95. The molecule has 1 amide bonds. The Balaban J connectivity index is 1.86. The predicted octanol–water partition coefficient (Wildman–Crippen LogP) is 3.37. The molecule has 0 aliphatic carbocycles. The van der Waals surface area contributed by atoms with Gasteiger partial charge >= 0.3 is 0 Å². The highest BCUT2D eigenvalue weighted by Crippen LogP contribution is 2.45. The number of fused-ring (bicyclic) bond motifs is 2. The first kappa shape index (κ1) is 20.8. The highest BCUT2D eigenvalue weighted by atomic mass is 35.5. The molecular formula is C21H22ClFN4O2S. The number of amides is 1. The van der Waals surface area contributed by atoms with Gasteiger partial charge in [0.25, 0.3) is 5.91 Å². The Morgan fingerprint density at radius 2 is 2.20 bits per heavy atom. The van der Waals surface area contributed by atoms with Crippen molar-refractivity contribution in [2.24, 2.45) is 5.73 Å². The van der Waals surface area contributed by atoms with Crippen LogP contribution in [0.15, 0.2) is 34.7 Å². The Bertz CT molecular complexity index is 1060. The number of nitrogens with one attached hydrogen (secondary N) is 1. The van der Waals surface area contributed by atoms with Crippen molar-refractivity contribution >= 4 is 35.0 Å². The van der Waals surface area contributed by atoms with E-state index in [2.05, 4.69) is 11.9 Å². The van der Waals surface area contributed by atoms with E-state index in [1.165, 1.54) is 6.07 Å². The van der Waals surface area contributed by atoms with Crippen LogP contribution in [0.1, 0.15) is 15.9 Å². The van der Waals surface area contributed by atoms with Crippen LogP contribution < -0.4 is 21.5 Å². The molecule has 2 aliphatic heterocycles. The number of rotatable bonds is 3. The first-order chi connectivity index (χ1) is 14.3. The number of thioether (sulfide) groups is 1. The molecule has 2 aromatic carbocycles. The standard InChI is InChI=1S/C21H22ClFN4O2S/c1-10-17(13-3-4-16(23)20(18(13)25)30-11(2)24)15(22)7-14-19(10)29-9-12-8-26-5-6-27(12)21(14)28/h3-4,7,12,26H,2,5-6,8-9,24-25H2,1H3/t12-/m1/s1. The van der Waals surface area contributed by atoms with Gasteiger partial charge in [-0.15, -0.1) is 0 Å². The molecule has 0 aromatic heterocycles. The number of carbonyl (C=O) groups excluding carboxylic acids is 1. The summed E-state index contributed by atoms with van der Waals surface area (Å²) in [6.45, 7) is 7.83. The lowest BCUT2D eigenvalue weighted by molar-refractivity contribution is 0.0606. The number of carbonyl (C=O) groups is 1. The van der Waals surface area contributed by atoms with Crippen LogP contribution in [-0.4, -0.2) is 43.1 Å². The monoisotopic (exact) mass is 448 g/mol. The van der Waals surface area contributed by atoms with E-state index in [4.69, 9.17) is 27.8 Å². The molecule has 0 radical (unpaired) electrons. The smallest absolute Gasteiger partial charge is 0.258 e. The number of ether oxygens (including phenoxy) is 1. The summed E-state index contributed by atoms with van der Waals surface area (Å²) in [7, 11) is 0. The van der Waals surface area contributed by atoms with Gasteiger partial charge in [-0.1, -0.05) is 29.9 Å². The first-order valence-electron chi connectivity index (χ1n) is 9.47. The number of hydrogen-bond donors (Lipinski definition) is 3. The van der Waals surface area contributed by atoms with E-state index in [0.717, 1.165) is 18.3 Å². The van der Waals surface area contributed by atoms with E-state index in [1.807, 2.05) is 11.8 Å². The van der Waals surface area contributed by atoms with E-state index in [1.54, 1.807) is 12.1 Å². The zero-order valence-electron chi connectivity index (χ0n) is 16.4. The van der Waals surface area contributed by atoms with Crippen LogP contribution in [0.4, 0.5) is 10.1 Å². The molecule has 2 heterocycles. The van der Waals surface area contributed by atoms with Gasteiger partial charge in [-0.25, -0.2) is 4.39 Å². The van der Waals surface area contributed by atoms with Crippen LogP contribution in [0, 0.1) is 12.7 Å². The molecule has 0 saturated carbocycles. The first-order valence-corrected chi connectivity index (χ1v) is 10.7. The number of nitrogens with zero attached hydrogens (tertiary/aromatic N) is 1. The van der Waals surface area contributed by atoms with Crippen LogP contribution in [0.25, 0.3) is 11.1 Å². The molecule has 9 heteroatoms. The SMILES string of the molecule is C=C(N)Sc1c(F)ccc(-c2c(Cl)cc3c(c2C)OC[C@H]2CNCCN2C3=O)c1N. The highest BCUT2D eigenvalue weighted by molar-refractivity contribution is 8.03. The third kappa shape index (κ3) is 3.49. The maximum atomic E-state index is 14.3. The van der Waals surface area contributed by atoms with Crippen LogP contribution in [0.5, 0.6) is 5.75 Å². The van der Waals surface area contributed by atoms with Crippen LogP contribution in [0.3, 0.4) is 0 Å². The van der Waals surface area contributed by atoms with Crippen molar-refractivity contribution in [3.63, 3.8) is 0 Å². The van der Waals surface area contributed by atoms with Gasteiger partial charge in [0.05, 0.1) is 27.2 Å². The van der Waals surface area contributed by atoms with Crippen molar-refractivity contribution in [1.29, 1.82) is 0 Å². The summed E-state index contributed by atoms with van der Waals surface area (Å²) in [5.41, 5.74) is 14.4. The molecule has 5 N–H and O–H groups in total. The van der Waals surface area contributed by atoms with Gasteiger partial charge in [0.2, 0.25) is 0 Å². The maximum absolute atomic E-state index is 14.3. The van der Waals surface area contributed by atoms with Gasteiger partial charge in [0, 0.05) is 41.3 Å². The van der Waals surface area contributed by atoms with Gasteiger partial charge < -0.3 is 26.4 Å². The zero-order valence-corrected chi connectivity index (χ0v) is 18.0. The average molecular weight is 449 g/mol. The average Bonchev–Trinajstić information content (AvgIpc) is 2.84. The number of nitrogens with two attached hydrogens (primary N) is 2. The van der Waals surface area contributed by atoms with E-state index in [9.17, 15) is 9.18 Å². The minimum absolute atomic E-state index is 0.0465. The molecule has 30 heavy (non-hydrogen) atoms. The molecule has 0 unspecified atom stereocenters. The van der Waals surface area contributed by atoms with Gasteiger partial charge in [-0.2, -0.15) is 0 Å². The third-order valence-electron chi connectivity index (χ3n) is 5.38. The van der Waals surface area contributed by atoms with Crippen LogP contribution in [0.2, 0.25) is 5.02 Å². The fraction of sp³-hybridized carbons (Fsp3) is 0.286. The molecule has 0 bridgehead atoms. The minimum Gasteiger partial charge on any atom is -0.490 e. The summed E-state index contributed by atoms with van der Waals surface area (Å²) in [6, 6.07) is 4.45. The molecule has 158 valence electrons. The molecule has 1 fully saturated rings. The van der Waals surface area contributed by atoms with Crippen LogP contribution in [-0.2, 0) is 0 Å². The van der Waals surface area contributed by atoms with E-state index in [-0.39, 0.29) is 27.6 Å². The predicted molar refractivity (Wildman–Crippen MR) is 118 cm³/mol. The molecule has 1 atom stereocenters. The number of nitrogen functional groups attached to an aromatic ring is 1. The number of piperazine rings is 1. The highest BCUT2D eigenvalue weighted by Gasteiger charge is 2.34. The number of benzene rings is 2. The number of halogens is 2. The van der Waals surface area contributed by atoms with E-state index < -0.39 is 5.82 Å². The topological polar surface area (TPSA) is 93.6 Å². The summed E-state index contributed by atoms with van der Waals surface area (Å²) in [5.74, 6) is -0.115. The summed E-state index contributed by atoms with van der Waals surface area (Å²) < 4.78 is 20.4. The second-order valence-electron chi connectivity index (χ2n) is 7.31. The normalized spacial score (nSPS) is 18.3. The molecular weight excluding hydrogens is 427 g/mol. The van der Waals surface area contributed by atoms with Gasteiger partial charge in [0.15, 0.2) is 0 Å². The molecule has 1 saturated heterocycles. The van der Waals surface area contributed by atoms with Crippen molar-refractivity contribution in [1.82, 2.24) is 10.2 Å². The summed E-state index contributed by atoms with van der Waals surface area (Å²) in [4.78, 5) is 15.2. The van der Waals surface area contributed by atoms with E-state index >= 15 is 0 Å². The van der Waals surface area contributed by atoms with Gasteiger partial charge in [-0.3, -0.25) is 4.79 Å². The molecule has 4 rings (SSSR count). The molecule has 2 aromatic rings. The Kier molecular flexibility index (Phi) is 5.57. The number of anilines is 1. The second-order valence-corrected chi connectivity index (χ2v) is 8.85. The molecule has 2 aliphatic rings. The summed E-state index contributed by atoms with van der Waals surface area (Å²) >= 11 is 7.59. The quantitative estimate of drug-likeness (QED) is 0.492. The zero-order chi connectivity index (χ0) is 21.6. The van der Waals surface area contributed by atoms with E-state index in [0.29, 0.717) is 52.7 Å². The van der Waals surface area contributed by atoms with Crippen LogP contribution >= 0.6 is 23.4 Å². The van der Waals surface area contributed by atoms with Gasteiger partial charge in [-0.05, 0) is 25.1 Å². The lowest BCUT2D eigenvalue weighted by Crippen LogP contribution is -2.54. The fourth-order valence-corrected chi connectivity index (χ4v) is 4.97. The minimum atomic E-state index is -0.493. The maximum Gasteiger partial charge on any atom is 0.258 e. The van der Waals surface area contributed by atoms with Crippen molar-refractivity contribution in [3.05, 3.63) is 51.8 Å². The Morgan fingerprint density at radius 1 is 1.43 bits per heavy atom. The fourth-order valence-electron chi connectivity index (χ4n) is 3.97. The van der Waals surface area contributed by atoms with Crippen molar-refractivity contribution < 1.29 is 13.9 Å². The summed E-state index contributed by atoms with van der Waals surface area (Å²) in [6.07, 6.45) is 0. The van der Waals surface area contributed by atoms with Crippen molar-refractivity contribution in [2.45, 2.75) is 17.9 Å². The molecule has 6 nitrogen and oxygen atoms in total. The number of hydrogen-bond acceptors (Lipinski definition) is 6. The molecule has 0 spiro atoms. The largest absolute Gasteiger partial charge is 0.490 e. The Labute approximate surface area is 183 Å². The van der Waals surface area contributed by atoms with Gasteiger partial charge in [0.1, 0.15) is 18.2 Å². The van der Waals surface area contributed by atoms with Crippen molar-refractivity contribution in [3.8, 4) is 16.9 Å². The van der Waals surface area contributed by atoms with Crippen molar-refractivity contribution in [2.75, 3.05) is 32.0 Å². The Morgan fingerprint density at radius 3 is 2.93 bits per heavy atom.